The van der Waals surface area contributed by atoms with Crippen molar-refractivity contribution in [1.29, 1.82) is 0 Å². The molecule has 2 rings (SSSR count). The van der Waals surface area contributed by atoms with Gasteiger partial charge in [0.2, 0.25) is 5.91 Å². The zero-order valence-corrected chi connectivity index (χ0v) is 12.6. The second-order valence-corrected chi connectivity index (χ2v) is 5.17. The van der Waals surface area contributed by atoms with Crippen molar-refractivity contribution in [2.75, 3.05) is 38.2 Å². The van der Waals surface area contributed by atoms with Crippen molar-refractivity contribution in [3.8, 4) is 0 Å². The molecule has 1 amide bonds. The van der Waals surface area contributed by atoms with Crippen LogP contribution in [-0.2, 0) is 20.5 Å². The van der Waals surface area contributed by atoms with Gasteiger partial charge >= 0.3 is 12.1 Å². The number of carbonyl (C=O) groups is 2. The number of anilines is 1. The van der Waals surface area contributed by atoms with Crippen LogP contribution in [0.3, 0.4) is 0 Å². The van der Waals surface area contributed by atoms with Gasteiger partial charge in [-0.1, -0.05) is 0 Å². The van der Waals surface area contributed by atoms with Crippen LogP contribution in [0.15, 0.2) is 24.3 Å². The van der Waals surface area contributed by atoms with Crippen molar-refractivity contribution in [2.24, 2.45) is 0 Å². The van der Waals surface area contributed by atoms with E-state index in [1.165, 1.54) is 19.2 Å². The molecule has 0 bridgehead atoms. The fourth-order valence-electron chi connectivity index (χ4n) is 2.38. The van der Waals surface area contributed by atoms with E-state index in [4.69, 9.17) is 0 Å². The zero-order valence-electron chi connectivity index (χ0n) is 12.6. The first kappa shape index (κ1) is 17.1. The van der Waals surface area contributed by atoms with E-state index in [1.54, 1.807) is 4.90 Å². The highest BCUT2D eigenvalue weighted by Crippen LogP contribution is 2.30. The maximum absolute atomic E-state index is 12.5. The molecule has 0 aromatic heterocycles. The van der Waals surface area contributed by atoms with E-state index in [0.717, 1.165) is 12.1 Å². The van der Waals surface area contributed by atoms with Crippen molar-refractivity contribution in [1.82, 2.24) is 4.90 Å². The second-order valence-electron chi connectivity index (χ2n) is 5.17. The maximum atomic E-state index is 12.5. The summed E-state index contributed by atoms with van der Waals surface area (Å²) in [5.74, 6) is -0.885. The number of halogens is 3. The summed E-state index contributed by atoms with van der Waals surface area (Å²) in [6.07, 6.45) is -4.64. The third kappa shape index (κ3) is 4.37. The molecule has 1 heterocycles. The summed E-state index contributed by atoms with van der Waals surface area (Å²) in [6.45, 7) is 1.82. The third-order valence-electron chi connectivity index (χ3n) is 3.72. The molecule has 1 aliphatic heterocycles. The van der Waals surface area contributed by atoms with Gasteiger partial charge in [0, 0.05) is 31.9 Å². The Morgan fingerprint density at radius 2 is 1.65 bits per heavy atom. The minimum atomic E-state index is -4.35. The Bertz CT molecular complexity index is 564. The topological polar surface area (TPSA) is 49.9 Å². The minimum absolute atomic E-state index is 0.295. The fraction of sp³-hybridized carbons (Fsp3) is 0.467. The van der Waals surface area contributed by atoms with E-state index in [0.29, 0.717) is 31.9 Å². The van der Waals surface area contributed by atoms with Crippen LogP contribution < -0.4 is 4.90 Å². The summed E-state index contributed by atoms with van der Waals surface area (Å²) < 4.78 is 42.1. The molecule has 0 unspecified atom stereocenters. The van der Waals surface area contributed by atoms with Gasteiger partial charge in [0.05, 0.1) is 12.7 Å². The number of ether oxygens (including phenoxy) is 1. The summed E-state index contributed by atoms with van der Waals surface area (Å²) in [7, 11) is 1.22. The highest BCUT2D eigenvalue weighted by molar-refractivity contribution is 5.94. The van der Waals surface area contributed by atoms with Gasteiger partial charge in [-0.2, -0.15) is 13.2 Å². The Kier molecular flexibility index (Phi) is 5.12. The molecule has 1 aromatic rings. The second kappa shape index (κ2) is 6.89. The number of rotatable bonds is 3. The monoisotopic (exact) mass is 330 g/mol. The zero-order chi connectivity index (χ0) is 17.0. The average molecular weight is 330 g/mol. The Morgan fingerprint density at radius 3 is 2.13 bits per heavy atom. The van der Waals surface area contributed by atoms with E-state index in [9.17, 15) is 22.8 Å². The van der Waals surface area contributed by atoms with E-state index >= 15 is 0 Å². The van der Waals surface area contributed by atoms with Crippen LogP contribution in [0.1, 0.15) is 12.0 Å². The van der Waals surface area contributed by atoms with E-state index < -0.39 is 17.7 Å². The molecule has 0 spiro atoms. The number of amides is 1. The summed E-state index contributed by atoms with van der Waals surface area (Å²) in [6, 6.07) is 4.94. The maximum Gasteiger partial charge on any atom is 0.416 e. The normalized spacial score (nSPS) is 15.5. The lowest BCUT2D eigenvalue weighted by molar-refractivity contribution is -0.147. The van der Waals surface area contributed by atoms with Crippen LogP contribution in [0.25, 0.3) is 0 Å². The number of hydrogen-bond donors (Lipinski definition) is 0. The van der Waals surface area contributed by atoms with Crippen LogP contribution in [0.2, 0.25) is 0 Å². The number of nitrogens with zero attached hydrogens (tertiary/aromatic N) is 2. The first-order valence-electron chi connectivity index (χ1n) is 7.08. The van der Waals surface area contributed by atoms with Gasteiger partial charge in [-0.05, 0) is 24.3 Å². The predicted octanol–water partition coefficient (Wildman–Crippen LogP) is 1.92. The number of benzene rings is 1. The number of hydrogen-bond acceptors (Lipinski definition) is 4. The quantitative estimate of drug-likeness (QED) is 0.628. The van der Waals surface area contributed by atoms with E-state index in [-0.39, 0.29) is 12.3 Å². The van der Waals surface area contributed by atoms with Crippen LogP contribution in [0.5, 0.6) is 0 Å². The van der Waals surface area contributed by atoms with E-state index in [1.807, 2.05) is 4.90 Å². The predicted molar refractivity (Wildman–Crippen MR) is 76.9 cm³/mol. The summed E-state index contributed by atoms with van der Waals surface area (Å²) in [5.41, 5.74) is -0.00814. The van der Waals surface area contributed by atoms with Gasteiger partial charge < -0.3 is 14.5 Å². The molecule has 0 N–H and O–H groups in total. The smallest absolute Gasteiger partial charge is 0.416 e. The van der Waals surface area contributed by atoms with Crippen LogP contribution in [-0.4, -0.2) is 50.1 Å². The first-order chi connectivity index (χ1) is 10.8. The largest absolute Gasteiger partial charge is 0.469 e. The molecule has 0 atom stereocenters. The Morgan fingerprint density at radius 1 is 1.09 bits per heavy atom. The fourth-order valence-corrected chi connectivity index (χ4v) is 2.38. The molecule has 0 aliphatic carbocycles. The molecule has 5 nitrogen and oxygen atoms in total. The Labute approximate surface area is 131 Å². The molecule has 0 saturated carbocycles. The molecule has 126 valence electrons. The molecule has 1 fully saturated rings. The molecular weight excluding hydrogens is 313 g/mol. The Hall–Kier alpha value is -2.25. The number of alkyl halides is 3. The Balaban J connectivity index is 1.91. The number of esters is 1. The molecule has 23 heavy (non-hydrogen) atoms. The highest BCUT2D eigenvalue weighted by Gasteiger charge is 2.30. The highest BCUT2D eigenvalue weighted by atomic mass is 19.4. The van der Waals surface area contributed by atoms with Crippen LogP contribution in [0, 0.1) is 0 Å². The van der Waals surface area contributed by atoms with Gasteiger partial charge in [0.25, 0.3) is 0 Å². The van der Waals surface area contributed by atoms with Crippen molar-refractivity contribution in [3.63, 3.8) is 0 Å². The third-order valence-corrected chi connectivity index (χ3v) is 3.72. The van der Waals surface area contributed by atoms with Crippen molar-refractivity contribution in [3.05, 3.63) is 29.8 Å². The molecule has 1 aromatic carbocycles. The summed E-state index contributed by atoms with van der Waals surface area (Å²) in [4.78, 5) is 26.4. The lowest BCUT2D eigenvalue weighted by atomic mass is 10.1. The minimum Gasteiger partial charge on any atom is -0.469 e. The SMILES string of the molecule is COC(=O)CC(=O)N1CCN(c2ccc(C(F)(F)F)cc2)CC1. The summed E-state index contributed by atoms with van der Waals surface area (Å²) >= 11 is 0. The number of piperazine rings is 1. The molecule has 8 heteroatoms. The molecule has 0 radical (unpaired) electrons. The molecular formula is C15H17F3N2O3. The van der Waals surface area contributed by atoms with Gasteiger partial charge in [0.15, 0.2) is 0 Å². The lowest BCUT2D eigenvalue weighted by Crippen LogP contribution is -2.49. The van der Waals surface area contributed by atoms with Gasteiger partial charge in [-0.25, -0.2) is 0 Å². The van der Waals surface area contributed by atoms with Crippen LogP contribution in [0.4, 0.5) is 18.9 Å². The molecule has 1 aliphatic rings. The first-order valence-corrected chi connectivity index (χ1v) is 7.08. The standard InChI is InChI=1S/C15H17F3N2O3/c1-23-14(22)10-13(21)20-8-6-19(7-9-20)12-4-2-11(3-5-12)15(16,17)18/h2-5H,6-10H2,1H3. The molecule has 1 saturated heterocycles. The van der Waals surface area contributed by atoms with Crippen molar-refractivity contribution >= 4 is 17.6 Å². The summed E-state index contributed by atoms with van der Waals surface area (Å²) in [5, 5.41) is 0. The average Bonchev–Trinajstić information content (AvgIpc) is 2.54. The number of carbonyl (C=O) groups excluding carboxylic acids is 2. The van der Waals surface area contributed by atoms with E-state index in [2.05, 4.69) is 4.74 Å². The van der Waals surface area contributed by atoms with Gasteiger partial charge in [-0.3, -0.25) is 9.59 Å². The number of methoxy groups -OCH3 is 1. The van der Waals surface area contributed by atoms with Gasteiger partial charge in [-0.15, -0.1) is 0 Å². The lowest BCUT2D eigenvalue weighted by Gasteiger charge is -2.36. The van der Waals surface area contributed by atoms with Crippen LogP contribution >= 0.6 is 0 Å². The van der Waals surface area contributed by atoms with Crippen molar-refractivity contribution in [2.45, 2.75) is 12.6 Å². The van der Waals surface area contributed by atoms with Gasteiger partial charge in [0.1, 0.15) is 6.42 Å². The van der Waals surface area contributed by atoms with Crippen molar-refractivity contribution < 1.29 is 27.5 Å².